The van der Waals surface area contributed by atoms with Crippen LogP contribution in [0.1, 0.15) is 45.4 Å². The van der Waals surface area contributed by atoms with Crippen molar-refractivity contribution in [2.24, 2.45) is 5.41 Å². The molecule has 0 aromatic rings. The van der Waals surface area contributed by atoms with Crippen molar-refractivity contribution >= 4 is 17.7 Å². The standard InChI is InChI=1S/C11H18O2S/c1-2-14-11(9(12)13)7-10(8-11)5-3-4-6-10/h2-8H2,1H3,(H,12,13). The molecule has 2 aliphatic rings. The Morgan fingerprint density at radius 3 is 2.36 bits per heavy atom. The zero-order chi connectivity index (χ0) is 10.2. The smallest absolute Gasteiger partial charge is 0.319 e. The molecule has 2 saturated carbocycles. The van der Waals surface area contributed by atoms with Crippen molar-refractivity contribution in [1.29, 1.82) is 0 Å². The summed E-state index contributed by atoms with van der Waals surface area (Å²) in [5.41, 5.74) is 0.431. The molecular weight excluding hydrogens is 196 g/mol. The fourth-order valence-corrected chi connectivity index (χ4v) is 4.72. The van der Waals surface area contributed by atoms with E-state index in [0.717, 1.165) is 18.6 Å². The molecule has 0 aliphatic heterocycles. The van der Waals surface area contributed by atoms with Gasteiger partial charge in [0.15, 0.2) is 0 Å². The van der Waals surface area contributed by atoms with E-state index in [2.05, 4.69) is 6.92 Å². The SMILES string of the molecule is CCSC1(C(=O)O)CC2(CCCC2)C1. The zero-order valence-electron chi connectivity index (χ0n) is 8.71. The molecule has 0 heterocycles. The van der Waals surface area contributed by atoms with E-state index in [1.807, 2.05) is 0 Å². The Morgan fingerprint density at radius 1 is 1.36 bits per heavy atom. The highest BCUT2D eigenvalue weighted by Gasteiger charge is 2.59. The lowest BCUT2D eigenvalue weighted by Gasteiger charge is -2.52. The molecule has 80 valence electrons. The van der Waals surface area contributed by atoms with Crippen molar-refractivity contribution in [1.82, 2.24) is 0 Å². The van der Waals surface area contributed by atoms with Crippen molar-refractivity contribution in [3.05, 3.63) is 0 Å². The number of hydrogen-bond acceptors (Lipinski definition) is 2. The predicted octanol–water partition coefficient (Wildman–Crippen LogP) is 2.92. The summed E-state index contributed by atoms with van der Waals surface area (Å²) in [7, 11) is 0. The highest BCUT2D eigenvalue weighted by Crippen LogP contribution is 2.62. The van der Waals surface area contributed by atoms with E-state index < -0.39 is 10.7 Å². The Morgan fingerprint density at radius 2 is 1.93 bits per heavy atom. The Kier molecular flexibility index (Phi) is 2.54. The molecule has 1 spiro atoms. The summed E-state index contributed by atoms with van der Waals surface area (Å²) in [5.74, 6) is 0.337. The average molecular weight is 214 g/mol. The lowest BCUT2D eigenvalue weighted by atomic mass is 9.60. The number of rotatable bonds is 3. The van der Waals surface area contributed by atoms with Gasteiger partial charge in [-0.15, -0.1) is 11.8 Å². The molecule has 0 amide bonds. The Hall–Kier alpha value is -0.180. The third-order valence-electron chi connectivity index (χ3n) is 3.80. The molecule has 0 unspecified atom stereocenters. The van der Waals surface area contributed by atoms with Crippen LogP contribution in [0.25, 0.3) is 0 Å². The maximum Gasteiger partial charge on any atom is 0.319 e. The summed E-state index contributed by atoms with van der Waals surface area (Å²) in [4.78, 5) is 11.2. The molecule has 2 aliphatic carbocycles. The lowest BCUT2D eigenvalue weighted by Crippen LogP contribution is -2.53. The third kappa shape index (κ3) is 1.46. The molecule has 0 radical (unpaired) electrons. The molecule has 3 heteroatoms. The summed E-state index contributed by atoms with van der Waals surface area (Å²) in [6.45, 7) is 2.05. The first-order chi connectivity index (χ1) is 6.63. The van der Waals surface area contributed by atoms with Gasteiger partial charge in [-0.3, -0.25) is 4.79 Å². The fourth-order valence-electron chi connectivity index (χ4n) is 3.23. The monoisotopic (exact) mass is 214 g/mol. The number of carboxylic acids is 1. The van der Waals surface area contributed by atoms with E-state index >= 15 is 0 Å². The van der Waals surface area contributed by atoms with Crippen molar-refractivity contribution in [3.63, 3.8) is 0 Å². The molecule has 0 bridgehead atoms. The van der Waals surface area contributed by atoms with Crippen molar-refractivity contribution in [3.8, 4) is 0 Å². The molecule has 1 N–H and O–H groups in total. The van der Waals surface area contributed by atoms with Crippen molar-refractivity contribution < 1.29 is 9.90 Å². The topological polar surface area (TPSA) is 37.3 Å². The van der Waals surface area contributed by atoms with E-state index in [4.69, 9.17) is 0 Å². The molecule has 0 atom stereocenters. The Labute approximate surface area is 89.5 Å². The zero-order valence-corrected chi connectivity index (χ0v) is 9.53. The summed E-state index contributed by atoms with van der Waals surface area (Å²) in [5, 5.41) is 9.24. The van der Waals surface area contributed by atoms with E-state index in [9.17, 15) is 9.90 Å². The largest absolute Gasteiger partial charge is 0.480 e. The van der Waals surface area contributed by atoms with Crippen LogP contribution >= 0.6 is 11.8 Å². The summed E-state index contributed by atoms with van der Waals surface area (Å²) < 4.78 is -0.418. The molecule has 2 fully saturated rings. The summed E-state index contributed by atoms with van der Waals surface area (Å²) >= 11 is 1.63. The van der Waals surface area contributed by atoms with Gasteiger partial charge in [-0.25, -0.2) is 0 Å². The van der Waals surface area contributed by atoms with E-state index in [-0.39, 0.29) is 0 Å². The van der Waals surface area contributed by atoms with Crippen LogP contribution in [0.15, 0.2) is 0 Å². The highest BCUT2D eigenvalue weighted by atomic mass is 32.2. The molecule has 14 heavy (non-hydrogen) atoms. The number of thioether (sulfide) groups is 1. The fraction of sp³-hybridized carbons (Fsp3) is 0.909. The lowest BCUT2D eigenvalue weighted by molar-refractivity contribution is -0.146. The highest BCUT2D eigenvalue weighted by molar-refractivity contribution is 8.01. The van der Waals surface area contributed by atoms with Crippen LogP contribution in [0.5, 0.6) is 0 Å². The number of aliphatic carboxylic acids is 1. The van der Waals surface area contributed by atoms with Gasteiger partial charge in [-0.1, -0.05) is 19.8 Å². The van der Waals surface area contributed by atoms with Crippen molar-refractivity contribution in [2.75, 3.05) is 5.75 Å². The van der Waals surface area contributed by atoms with Crippen LogP contribution in [0.2, 0.25) is 0 Å². The second kappa shape index (κ2) is 3.44. The first kappa shape index (κ1) is 10.3. The van der Waals surface area contributed by atoms with Gasteiger partial charge >= 0.3 is 5.97 Å². The first-order valence-corrected chi connectivity index (χ1v) is 6.48. The quantitative estimate of drug-likeness (QED) is 0.785. The van der Waals surface area contributed by atoms with Gasteiger partial charge in [0.25, 0.3) is 0 Å². The molecule has 0 saturated heterocycles. The van der Waals surface area contributed by atoms with E-state index in [1.165, 1.54) is 25.7 Å². The predicted molar refractivity (Wildman–Crippen MR) is 58.6 cm³/mol. The second-order valence-corrected chi connectivity index (χ2v) is 6.44. The molecule has 2 nitrogen and oxygen atoms in total. The first-order valence-electron chi connectivity index (χ1n) is 5.50. The van der Waals surface area contributed by atoms with E-state index in [1.54, 1.807) is 11.8 Å². The van der Waals surface area contributed by atoms with E-state index in [0.29, 0.717) is 5.41 Å². The van der Waals surface area contributed by atoms with Gasteiger partial charge in [0.1, 0.15) is 4.75 Å². The minimum absolute atomic E-state index is 0.418. The van der Waals surface area contributed by atoms with Gasteiger partial charge in [0, 0.05) is 0 Å². The minimum Gasteiger partial charge on any atom is -0.480 e. The van der Waals surface area contributed by atoms with Gasteiger partial charge in [-0.05, 0) is 36.9 Å². The van der Waals surface area contributed by atoms with Crippen LogP contribution in [-0.4, -0.2) is 21.6 Å². The number of hydrogen-bond donors (Lipinski definition) is 1. The van der Waals surface area contributed by atoms with Gasteiger partial charge in [0.05, 0.1) is 0 Å². The maximum absolute atomic E-state index is 11.2. The number of carboxylic acid groups (broad SMARTS) is 1. The maximum atomic E-state index is 11.2. The Balaban J connectivity index is 2.02. The summed E-state index contributed by atoms with van der Waals surface area (Å²) in [6, 6.07) is 0. The van der Waals surface area contributed by atoms with Crippen molar-refractivity contribution in [2.45, 2.75) is 50.2 Å². The summed E-state index contributed by atoms with van der Waals surface area (Å²) in [6.07, 6.45) is 7.01. The molecule has 0 aromatic carbocycles. The van der Waals surface area contributed by atoms with Gasteiger partial charge in [-0.2, -0.15) is 0 Å². The Bertz CT molecular complexity index is 236. The van der Waals surface area contributed by atoms with Crippen LogP contribution in [0, 0.1) is 5.41 Å². The van der Waals surface area contributed by atoms with Crippen LogP contribution in [-0.2, 0) is 4.79 Å². The van der Waals surface area contributed by atoms with Crippen LogP contribution < -0.4 is 0 Å². The van der Waals surface area contributed by atoms with Crippen LogP contribution in [0.3, 0.4) is 0 Å². The molecule has 2 rings (SSSR count). The third-order valence-corrected chi connectivity index (χ3v) is 5.10. The van der Waals surface area contributed by atoms with Gasteiger partial charge in [0.2, 0.25) is 0 Å². The average Bonchev–Trinajstić information content (AvgIpc) is 2.51. The molecule has 0 aromatic heterocycles. The molecular formula is C11H18O2S. The number of carbonyl (C=O) groups is 1. The second-order valence-electron chi connectivity index (χ2n) is 4.79. The van der Waals surface area contributed by atoms with Gasteiger partial charge < -0.3 is 5.11 Å². The van der Waals surface area contributed by atoms with Crippen LogP contribution in [0.4, 0.5) is 0 Å². The normalized spacial score (nSPS) is 27.5. The minimum atomic E-state index is -0.582.